The van der Waals surface area contributed by atoms with Gasteiger partial charge in [-0.05, 0) is 6.07 Å². The number of likely N-dealkylation sites (tertiary alicyclic amines) is 1. The van der Waals surface area contributed by atoms with Crippen LogP contribution in [0, 0.1) is 0 Å². The fraction of sp³-hybridized carbons (Fsp3) is 0.250. The monoisotopic (exact) mass is 233 g/mol. The Morgan fingerprint density at radius 1 is 1.38 bits per heavy atom. The zero-order chi connectivity index (χ0) is 11.1. The first kappa shape index (κ1) is 9.81. The highest BCUT2D eigenvalue weighted by molar-refractivity contribution is 7.17. The van der Waals surface area contributed by atoms with Crippen LogP contribution in [-0.4, -0.2) is 35.1 Å². The standard InChI is InChI=1S/C12H11NO2S/c14-8-5-13(6-8)12(15)10-7-16-11-4-2-1-3-9(10)11/h1-4,7-8,14H,5-6H2. The topological polar surface area (TPSA) is 40.5 Å². The Morgan fingerprint density at radius 2 is 2.12 bits per heavy atom. The smallest absolute Gasteiger partial charge is 0.255 e. The first-order valence-corrected chi connectivity index (χ1v) is 6.07. The van der Waals surface area contributed by atoms with Crippen LogP contribution in [-0.2, 0) is 0 Å². The molecule has 1 saturated heterocycles. The van der Waals surface area contributed by atoms with E-state index in [9.17, 15) is 9.90 Å². The zero-order valence-electron chi connectivity index (χ0n) is 8.59. The summed E-state index contributed by atoms with van der Waals surface area (Å²) in [6.07, 6.45) is -0.339. The Bertz CT molecular complexity index is 543. The molecule has 0 atom stereocenters. The number of aliphatic hydroxyl groups is 1. The summed E-state index contributed by atoms with van der Waals surface area (Å²) in [5.41, 5.74) is 0.757. The molecule has 4 heteroatoms. The average molecular weight is 233 g/mol. The molecule has 1 aliphatic heterocycles. The molecular weight excluding hydrogens is 222 g/mol. The SMILES string of the molecule is O=C(c1csc2ccccc12)N1CC(O)C1. The second kappa shape index (κ2) is 3.57. The molecule has 3 nitrogen and oxygen atoms in total. The maximum Gasteiger partial charge on any atom is 0.255 e. The van der Waals surface area contributed by atoms with Gasteiger partial charge in [-0.2, -0.15) is 0 Å². The lowest BCUT2D eigenvalue weighted by Crippen LogP contribution is -2.53. The summed E-state index contributed by atoms with van der Waals surface area (Å²) in [5.74, 6) is 0.0303. The number of benzene rings is 1. The summed E-state index contributed by atoms with van der Waals surface area (Å²) in [6, 6.07) is 7.90. The molecule has 1 aromatic heterocycles. The molecule has 0 spiro atoms. The molecule has 0 bridgehead atoms. The van der Waals surface area contributed by atoms with Crippen molar-refractivity contribution in [1.82, 2.24) is 4.90 Å². The highest BCUT2D eigenvalue weighted by atomic mass is 32.1. The van der Waals surface area contributed by atoms with Gasteiger partial charge in [-0.15, -0.1) is 11.3 Å². The van der Waals surface area contributed by atoms with E-state index in [1.165, 1.54) is 0 Å². The molecule has 2 heterocycles. The van der Waals surface area contributed by atoms with Crippen LogP contribution in [0.4, 0.5) is 0 Å². The predicted octanol–water partition coefficient (Wildman–Crippen LogP) is 1.72. The number of fused-ring (bicyclic) bond motifs is 1. The lowest BCUT2D eigenvalue weighted by molar-refractivity contribution is 0.00606. The molecule has 1 aliphatic rings. The quantitative estimate of drug-likeness (QED) is 0.814. The largest absolute Gasteiger partial charge is 0.389 e. The Morgan fingerprint density at radius 3 is 2.88 bits per heavy atom. The number of amides is 1. The Kier molecular flexibility index (Phi) is 2.19. The summed E-state index contributed by atoms with van der Waals surface area (Å²) in [7, 11) is 0. The maximum absolute atomic E-state index is 12.1. The lowest BCUT2D eigenvalue weighted by atomic mass is 10.1. The number of carbonyl (C=O) groups excluding carboxylic acids is 1. The van der Waals surface area contributed by atoms with E-state index < -0.39 is 0 Å². The number of thiophene rings is 1. The van der Waals surface area contributed by atoms with Crippen LogP contribution in [0.15, 0.2) is 29.6 Å². The van der Waals surface area contributed by atoms with E-state index in [-0.39, 0.29) is 12.0 Å². The van der Waals surface area contributed by atoms with Gasteiger partial charge in [-0.3, -0.25) is 4.79 Å². The average Bonchev–Trinajstić information content (AvgIpc) is 2.67. The van der Waals surface area contributed by atoms with Crippen molar-refractivity contribution in [2.45, 2.75) is 6.10 Å². The number of hydrogen-bond acceptors (Lipinski definition) is 3. The van der Waals surface area contributed by atoms with Gasteiger partial charge >= 0.3 is 0 Å². The predicted molar refractivity (Wildman–Crippen MR) is 63.7 cm³/mol. The van der Waals surface area contributed by atoms with Crippen molar-refractivity contribution in [2.75, 3.05) is 13.1 Å². The van der Waals surface area contributed by atoms with E-state index >= 15 is 0 Å². The molecule has 0 unspecified atom stereocenters. The molecule has 3 rings (SSSR count). The second-order valence-corrected chi connectivity index (χ2v) is 4.92. The van der Waals surface area contributed by atoms with Gasteiger partial charge in [0.15, 0.2) is 0 Å². The summed E-state index contributed by atoms with van der Waals surface area (Å²) >= 11 is 1.59. The molecule has 2 aromatic rings. The molecule has 1 fully saturated rings. The number of rotatable bonds is 1. The summed E-state index contributed by atoms with van der Waals surface area (Å²) in [5, 5.41) is 12.1. The molecule has 16 heavy (non-hydrogen) atoms. The van der Waals surface area contributed by atoms with Crippen LogP contribution in [0.1, 0.15) is 10.4 Å². The van der Waals surface area contributed by atoms with Crippen molar-refractivity contribution in [2.24, 2.45) is 0 Å². The van der Waals surface area contributed by atoms with Gasteiger partial charge in [-0.1, -0.05) is 18.2 Å². The summed E-state index contributed by atoms with van der Waals surface area (Å²) in [4.78, 5) is 13.7. The van der Waals surface area contributed by atoms with Crippen LogP contribution in [0.25, 0.3) is 10.1 Å². The summed E-state index contributed by atoms with van der Waals surface area (Å²) in [6.45, 7) is 0.923. The third-order valence-electron chi connectivity index (χ3n) is 2.86. The Hall–Kier alpha value is -1.39. The highest BCUT2D eigenvalue weighted by Gasteiger charge is 2.30. The molecular formula is C12H11NO2S. The van der Waals surface area contributed by atoms with E-state index in [4.69, 9.17) is 0 Å². The second-order valence-electron chi connectivity index (χ2n) is 4.01. The van der Waals surface area contributed by atoms with Gasteiger partial charge in [0.2, 0.25) is 0 Å². The van der Waals surface area contributed by atoms with Crippen molar-refractivity contribution in [1.29, 1.82) is 0 Å². The van der Waals surface area contributed by atoms with Crippen LogP contribution in [0.5, 0.6) is 0 Å². The van der Waals surface area contributed by atoms with E-state index in [0.29, 0.717) is 13.1 Å². The minimum atomic E-state index is -0.339. The van der Waals surface area contributed by atoms with Crippen molar-refractivity contribution < 1.29 is 9.90 Å². The molecule has 1 N–H and O–H groups in total. The van der Waals surface area contributed by atoms with E-state index in [1.54, 1.807) is 16.2 Å². The normalized spacial score (nSPS) is 16.4. The van der Waals surface area contributed by atoms with Crippen molar-refractivity contribution >= 4 is 27.3 Å². The Labute approximate surface area is 96.9 Å². The van der Waals surface area contributed by atoms with Gasteiger partial charge in [0.05, 0.1) is 11.7 Å². The highest BCUT2D eigenvalue weighted by Crippen LogP contribution is 2.27. The van der Waals surface area contributed by atoms with Gasteiger partial charge in [0, 0.05) is 28.6 Å². The third-order valence-corrected chi connectivity index (χ3v) is 3.82. The first-order chi connectivity index (χ1) is 7.75. The first-order valence-electron chi connectivity index (χ1n) is 5.19. The molecule has 1 aromatic carbocycles. The van der Waals surface area contributed by atoms with E-state index in [1.807, 2.05) is 29.6 Å². The number of β-amino-alcohol motifs (C(OH)–C–C–N with tert-alkyl or cyclic N) is 1. The minimum Gasteiger partial charge on any atom is -0.389 e. The van der Waals surface area contributed by atoms with Crippen LogP contribution >= 0.6 is 11.3 Å². The number of carbonyl (C=O) groups is 1. The van der Waals surface area contributed by atoms with Crippen LogP contribution < -0.4 is 0 Å². The fourth-order valence-electron chi connectivity index (χ4n) is 1.93. The third kappa shape index (κ3) is 1.42. The van der Waals surface area contributed by atoms with Crippen molar-refractivity contribution in [3.63, 3.8) is 0 Å². The minimum absolute atomic E-state index is 0.0303. The number of nitrogens with zero attached hydrogens (tertiary/aromatic N) is 1. The number of hydrogen-bond donors (Lipinski definition) is 1. The Balaban J connectivity index is 1.97. The molecule has 1 amide bonds. The lowest BCUT2D eigenvalue weighted by Gasteiger charge is -2.35. The molecule has 0 aliphatic carbocycles. The van der Waals surface area contributed by atoms with Crippen molar-refractivity contribution in [3.05, 3.63) is 35.2 Å². The van der Waals surface area contributed by atoms with Gasteiger partial charge in [0.1, 0.15) is 0 Å². The summed E-state index contributed by atoms with van der Waals surface area (Å²) < 4.78 is 1.13. The van der Waals surface area contributed by atoms with E-state index in [0.717, 1.165) is 15.6 Å². The van der Waals surface area contributed by atoms with Gasteiger partial charge in [-0.25, -0.2) is 0 Å². The maximum atomic E-state index is 12.1. The fourth-order valence-corrected chi connectivity index (χ4v) is 2.87. The molecule has 82 valence electrons. The zero-order valence-corrected chi connectivity index (χ0v) is 9.41. The molecule has 0 saturated carbocycles. The van der Waals surface area contributed by atoms with E-state index in [2.05, 4.69) is 0 Å². The van der Waals surface area contributed by atoms with Gasteiger partial charge in [0.25, 0.3) is 5.91 Å². The van der Waals surface area contributed by atoms with Crippen molar-refractivity contribution in [3.8, 4) is 0 Å². The molecule has 0 radical (unpaired) electrons. The number of aliphatic hydroxyl groups excluding tert-OH is 1. The van der Waals surface area contributed by atoms with Crippen LogP contribution in [0.3, 0.4) is 0 Å². The van der Waals surface area contributed by atoms with Gasteiger partial charge < -0.3 is 10.0 Å². The van der Waals surface area contributed by atoms with Crippen LogP contribution in [0.2, 0.25) is 0 Å².